The van der Waals surface area contributed by atoms with E-state index in [0.717, 1.165) is 0 Å². The molecule has 0 atom stereocenters. The van der Waals surface area contributed by atoms with Crippen LogP contribution in [0.15, 0.2) is 18.5 Å². The fourth-order valence-corrected chi connectivity index (χ4v) is 2.75. The van der Waals surface area contributed by atoms with E-state index in [1.54, 1.807) is 0 Å². The van der Waals surface area contributed by atoms with Gasteiger partial charge < -0.3 is 16.2 Å². The van der Waals surface area contributed by atoms with Crippen LogP contribution in [0.5, 0.6) is 5.88 Å². The van der Waals surface area contributed by atoms with E-state index in [-0.39, 0.29) is 5.56 Å². The minimum Gasteiger partial charge on any atom is -0.479 e. The van der Waals surface area contributed by atoms with E-state index in [9.17, 15) is 4.39 Å². The summed E-state index contributed by atoms with van der Waals surface area (Å²) in [7, 11) is 1.49. The number of nitrogens with zero attached hydrogens (tertiary/aromatic N) is 3. The van der Waals surface area contributed by atoms with Crippen LogP contribution in [0.2, 0.25) is 0 Å². The summed E-state index contributed by atoms with van der Waals surface area (Å²) < 4.78 is 19.7. The van der Waals surface area contributed by atoms with Crippen LogP contribution in [0.4, 0.5) is 15.2 Å². The van der Waals surface area contributed by atoms with Gasteiger partial charge in [0.2, 0.25) is 11.8 Å². The number of methoxy groups -OCH3 is 1. The summed E-state index contributed by atoms with van der Waals surface area (Å²) in [5.74, 6) is -0.284. The molecule has 0 saturated heterocycles. The van der Waals surface area contributed by atoms with Crippen LogP contribution in [0.25, 0.3) is 21.3 Å². The number of rotatable bonds is 2. The molecular formula is C12H10FN5OS. The zero-order chi connectivity index (χ0) is 14.3. The van der Waals surface area contributed by atoms with Gasteiger partial charge in [-0.05, 0) is 6.07 Å². The SMILES string of the molecule is COc1ncc(-c2cc(N)cnc2F)c2sc(N)nc12. The summed E-state index contributed by atoms with van der Waals surface area (Å²) in [5, 5.41) is 0.352. The number of nitrogen functional groups attached to an aromatic ring is 2. The van der Waals surface area contributed by atoms with Gasteiger partial charge in [0.25, 0.3) is 0 Å². The minimum absolute atomic E-state index is 0.258. The van der Waals surface area contributed by atoms with Crippen molar-refractivity contribution < 1.29 is 9.13 Å². The third-order valence-electron chi connectivity index (χ3n) is 2.75. The first-order valence-electron chi connectivity index (χ1n) is 5.60. The summed E-state index contributed by atoms with van der Waals surface area (Å²) in [6, 6.07) is 1.50. The van der Waals surface area contributed by atoms with Crippen molar-refractivity contribution in [2.24, 2.45) is 0 Å². The molecule has 6 nitrogen and oxygen atoms in total. The Bertz CT molecular complexity index is 804. The highest BCUT2D eigenvalue weighted by Gasteiger charge is 2.17. The highest BCUT2D eigenvalue weighted by atomic mass is 32.1. The van der Waals surface area contributed by atoms with Gasteiger partial charge in [0.05, 0.1) is 23.7 Å². The number of thiazole rings is 1. The van der Waals surface area contributed by atoms with Gasteiger partial charge in [-0.25, -0.2) is 15.0 Å². The Kier molecular flexibility index (Phi) is 2.87. The summed E-state index contributed by atoms with van der Waals surface area (Å²) in [6.07, 6.45) is 2.76. The van der Waals surface area contributed by atoms with E-state index >= 15 is 0 Å². The molecule has 0 radical (unpaired) electrons. The maximum Gasteiger partial charge on any atom is 0.241 e. The molecule has 0 amide bonds. The first kappa shape index (κ1) is 12.5. The Hall–Kier alpha value is -2.48. The van der Waals surface area contributed by atoms with Crippen molar-refractivity contribution >= 4 is 32.4 Å². The van der Waals surface area contributed by atoms with Crippen molar-refractivity contribution in [1.29, 1.82) is 0 Å². The lowest BCUT2D eigenvalue weighted by Crippen LogP contribution is -1.95. The van der Waals surface area contributed by atoms with E-state index in [0.29, 0.717) is 32.5 Å². The fraction of sp³-hybridized carbons (Fsp3) is 0.0833. The van der Waals surface area contributed by atoms with Gasteiger partial charge in [-0.1, -0.05) is 11.3 Å². The van der Waals surface area contributed by atoms with E-state index < -0.39 is 5.95 Å². The molecule has 0 aliphatic carbocycles. The monoisotopic (exact) mass is 291 g/mol. The van der Waals surface area contributed by atoms with Crippen LogP contribution >= 0.6 is 11.3 Å². The Morgan fingerprint density at radius 1 is 1.20 bits per heavy atom. The van der Waals surface area contributed by atoms with Crippen LogP contribution in [-0.4, -0.2) is 22.1 Å². The topological polar surface area (TPSA) is 99.9 Å². The predicted octanol–water partition coefficient (Wildman–Crippen LogP) is 2.07. The predicted molar refractivity (Wildman–Crippen MR) is 76.0 cm³/mol. The highest BCUT2D eigenvalue weighted by molar-refractivity contribution is 7.22. The molecule has 0 bridgehead atoms. The normalized spacial score (nSPS) is 10.9. The van der Waals surface area contributed by atoms with Gasteiger partial charge in [-0.2, -0.15) is 4.39 Å². The fourth-order valence-electron chi connectivity index (χ4n) is 1.90. The third kappa shape index (κ3) is 1.90. The van der Waals surface area contributed by atoms with Crippen LogP contribution in [0, 0.1) is 5.95 Å². The van der Waals surface area contributed by atoms with Crippen LogP contribution in [0.1, 0.15) is 0 Å². The second-order valence-corrected chi connectivity index (χ2v) is 5.05. The maximum absolute atomic E-state index is 13.9. The molecular weight excluding hydrogens is 281 g/mol. The Morgan fingerprint density at radius 3 is 2.75 bits per heavy atom. The van der Waals surface area contributed by atoms with Gasteiger partial charge >= 0.3 is 0 Å². The zero-order valence-corrected chi connectivity index (χ0v) is 11.2. The molecule has 3 aromatic rings. The van der Waals surface area contributed by atoms with Gasteiger partial charge in [0.15, 0.2) is 5.13 Å². The molecule has 3 heterocycles. The summed E-state index contributed by atoms with van der Waals surface area (Å²) in [6.45, 7) is 0. The lowest BCUT2D eigenvalue weighted by molar-refractivity contribution is 0.402. The molecule has 0 fully saturated rings. The lowest BCUT2D eigenvalue weighted by Gasteiger charge is -2.06. The first-order chi connectivity index (χ1) is 9.60. The van der Waals surface area contributed by atoms with Crippen molar-refractivity contribution in [2.45, 2.75) is 0 Å². The Balaban J connectivity index is 2.34. The van der Waals surface area contributed by atoms with Crippen LogP contribution < -0.4 is 16.2 Å². The quantitative estimate of drug-likeness (QED) is 0.701. The Labute approximate surface area is 117 Å². The molecule has 0 aliphatic rings. The van der Waals surface area contributed by atoms with E-state index in [2.05, 4.69) is 15.0 Å². The number of nitrogens with two attached hydrogens (primary N) is 2. The van der Waals surface area contributed by atoms with Crippen LogP contribution in [-0.2, 0) is 0 Å². The second-order valence-electron chi connectivity index (χ2n) is 4.02. The molecule has 0 spiro atoms. The van der Waals surface area contributed by atoms with Crippen LogP contribution in [0.3, 0.4) is 0 Å². The molecule has 0 saturated carbocycles. The van der Waals surface area contributed by atoms with E-state index in [1.165, 1.54) is 36.9 Å². The molecule has 0 unspecified atom stereocenters. The largest absolute Gasteiger partial charge is 0.479 e. The number of fused-ring (bicyclic) bond motifs is 1. The number of ether oxygens (including phenoxy) is 1. The van der Waals surface area contributed by atoms with Gasteiger partial charge in [-0.3, -0.25) is 0 Å². The van der Waals surface area contributed by atoms with Crippen molar-refractivity contribution in [1.82, 2.24) is 15.0 Å². The molecule has 3 rings (SSSR count). The lowest BCUT2D eigenvalue weighted by atomic mass is 10.1. The van der Waals surface area contributed by atoms with E-state index in [4.69, 9.17) is 16.2 Å². The minimum atomic E-state index is -0.626. The highest BCUT2D eigenvalue weighted by Crippen LogP contribution is 2.38. The number of pyridine rings is 2. The summed E-state index contributed by atoms with van der Waals surface area (Å²) >= 11 is 1.23. The van der Waals surface area contributed by atoms with Gasteiger partial charge in [0.1, 0.15) is 5.52 Å². The third-order valence-corrected chi connectivity index (χ3v) is 3.66. The van der Waals surface area contributed by atoms with Crippen molar-refractivity contribution in [3.63, 3.8) is 0 Å². The van der Waals surface area contributed by atoms with Gasteiger partial charge in [0, 0.05) is 17.3 Å². The smallest absolute Gasteiger partial charge is 0.241 e. The number of halogens is 1. The molecule has 3 aromatic heterocycles. The number of hydrogen-bond donors (Lipinski definition) is 2. The maximum atomic E-state index is 13.9. The average molecular weight is 291 g/mol. The molecule has 0 aliphatic heterocycles. The molecule has 102 valence electrons. The van der Waals surface area contributed by atoms with Crippen molar-refractivity contribution in [3.05, 3.63) is 24.4 Å². The summed E-state index contributed by atoms with van der Waals surface area (Å²) in [4.78, 5) is 11.9. The standard InChI is InChI=1S/C12H10FN5OS/c1-19-11-8-9(20-12(15)18-8)7(4-17-11)6-2-5(14)3-16-10(6)13/h2-4H,14H2,1H3,(H2,15,18). The molecule has 4 N–H and O–H groups in total. The average Bonchev–Trinajstić information content (AvgIpc) is 2.82. The second kappa shape index (κ2) is 4.57. The number of anilines is 2. The molecule has 0 aromatic carbocycles. The summed E-state index contributed by atoms with van der Waals surface area (Å²) in [5.41, 5.74) is 13.0. The molecule has 20 heavy (non-hydrogen) atoms. The van der Waals surface area contributed by atoms with Gasteiger partial charge in [-0.15, -0.1) is 0 Å². The van der Waals surface area contributed by atoms with E-state index in [1.807, 2.05) is 0 Å². The van der Waals surface area contributed by atoms with Crippen molar-refractivity contribution in [2.75, 3.05) is 18.6 Å². The van der Waals surface area contributed by atoms with Crippen molar-refractivity contribution in [3.8, 4) is 17.0 Å². The number of hydrogen-bond acceptors (Lipinski definition) is 7. The zero-order valence-electron chi connectivity index (χ0n) is 10.4. The first-order valence-corrected chi connectivity index (χ1v) is 6.42. The molecule has 8 heteroatoms. The number of aromatic nitrogens is 3. The Morgan fingerprint density at radius 2 is 2.00 bits per heavy atom.